The van der Waals surface area contributed by atoms with Gasteiger partial charge in [-0.3, -0.25) is 0 Å². The van der Waals surface area contributed by atoms with Gasteiger partial charge in [-0.2, -0.15) is 0 Å². The number of aryl methyl sites for hydroxylation is 1. The van der Waals surface area contributed by atoms with Gasteiger partial charge in [0.25, 0.3) is 0 Å². The molecule has 0 amide bonds. The number of hydrogen-bond donors (Lipinski definition) is 0. The van der Waals surface area contributed by atoms with E-state index in [1.807, 2.05) is 67.6 Å². The zero-order valence-corrected chi connectivity index (χ0v) is 12.8. The first-order valence-corrected chi connectivity index (χ1v) is 7.57. The van der Waals surface area contributed by atoms with E-state index < -0.39 is 0 Å². The first-order chi connectivity index (χ1) is 11.3. The molecule has 0 atom stereocenters. The molecule has 0 aliphatic heterocycles. The first kappa shape index (κ1) is 13.6. The van der Waals surface area contributed by atoms with Crippen molar-refractivity contribution in [3.8, 4) is 22.8 Å². The van der Waals surface area contributed by atoms with Gasteiger partial charge in [-0.1, -0.05) is 54.6 Å². The van der Waals surface area contributed by atoms with Gasteiger partial charge in [0.15, 0.2) is 5.82 Å². The van der Waals surface area contributed by atoms with Crippen molar-refractivity contribution in [2.75, 3.05) is 0 Å². The van der Waals surface area contributed by atoms with Crippen LogP contribution in [0.25, 0.3) is 33.7 Å². The Morgan fingerprint density at radius 3 is 2.22 bits per heavy atom. The number of para-hydroxylation sites is 1. The van der Waals surface area contributed by atoms with E-state index in [0.29, 0.717) is 5.82 Å². The molecular weight excluding hydrogens is 282 g/mol. The molecule has 2 aromatic carbocycles. The van der Waals surface area contributed by atoms with Crippen LogP contribution in [-0.2, 0) is 0 Å². The summed E-state index contributed by atoms with van der Waals surface area (Å²) in [5, 5.41) is 1.08. The molecule has 0 aliphatic rings. The van der Waals surface area contributed by atoms with Crippen LogP contribution < -0.4 is 0 Å². The number of pyridine rings is 1. The van der Waals surface area contributed by atoms with Gasteiger partial charge in [0.2, 0.25) is 0 Å². The van der Waals surface area contributed by atoms with Crippen molar-refractivity contribution in [3.63, 3.8) is 0 Å². The molecule has 2 aromatic heterocycles. The quantitative estimate of drug-likeness (QED) is 0.540. The van der Waals surface area contributed by atoms with Crippen LogP contribution in [0.5, 0.6) is 0 Å². The molecule has 110 valence electrons. The summed E-state index contributed by atoms with van der Waals surface area (Å²) in [5.74, 6) is 0.666. The molecule has 0 fully saturated rings. The lowest BCUT2D eigenvalue weighted by atomic mass is 10.1. The van der Waals surface area contributed by atoms with Crippen molar-refractivity contribution >= 4 is 10.9 Å². The standard InChI is InChI=1S/C20H15N3/c1-14-16-10-5-6-11-18(16)23-20(21-14)19-13-7-12-17(22-19)15-8-3-2-4-9-15/h2-13H,1H3. The Bertz CT molecular complexity index is 978. The smallest absolute Gasteiger partial charge is 0.178 e. The average Bonchev–Trinajstić information content (AvgIpc) is 2.62. The third-order valence-corrected chi connectivity index (χ3v) is 3.84. The lowest BCUT2D eigenvalue weighted by molar-refractivity contribution is 1.13. The minimum Gasteiger partial charge on any atom is -0.244 e. The predicted octanol–water partition coefficient (Wildman–Crippen LogP) is 4.67. The van der Waals surface area contributed by atoms with E-state index in [1.54, 1.807) is 0 Å². The van der Waals surface area contributed by atoms with Crippen molar-refractivity contribution in [2.24, 2.45) is 0 Å². The number of aromatic nitrogens is 3. The van der Waals surface area contributed by atoms with Crippen LogP contribution in [-0.4, -0.2) is 15.0 Å². The minimum atomic E-state index is 0.666. The molecule has 0 bridgehead atoms. The Morgan fingerprint density at radius 2 is 1.35 bits per heavy atom. The van der Waals surface area contributed by atoms with Crippen molar-refractivity contribution < 1.29 is 0 Å². The molecule has 3 heteroatoms. The second kappa shape index (κ2) is 5.61. The van der Waals surface area contributed by atoms with E-state index in [2.05, 4.69) is 22.1 Å². The summed E-state index contributed by atoms with van der Waals surface area (Å²) < 4.78 is 0. The zero-order valence-electron chi connectivity index (χ0n) is 12.8. The maximum Gasteiger partial charge on any atom is 0.178 e. The lowest BCUT2D eigenvalue weighted by Gasteiger charge is -2.07. The van der Waals surface area contributed by atoms with Gasteiger partial charge in [0.05, 0.1) is 11.2 Å². The van der Waals surface area contributed by atoms with Crippen LogP contribution in [0.2, 0.25) is 0 Å². The molecule has 4 rings (SSSR count). The Morgan fingerprint density at radius 1 is 0.609 bits per heavy atom. The molecule has 3 nitrogen and oxygen atoms in total. The third-order valence-electron chi connectivity index (χ3n) is 3.84. The minimum absolute atomic E-state index is 0.666. The van der Waals surface area contributed by atoms with Gasteiger partial charge >= 0.3 is 0 Å². The molecule has 0 saturated carbocycles. The highest BCUT2D eigenvalue weighted by atomic mass is 14.9. The van der Waals surface area contributed by atoms with Crippen LogP contribution in [0, 0.1) is 6.92 Å². The normalized spacial score (nSPS) is 10.8. The van der Waals surface area contributed by atoms with Gasteiger partial charge < -0.3 is 0 Å². The Balaban J connectivity index is 1.85. The number of hydrogen-bond acceptors (Lipinski definition) is 3. The van der Waals surface area contributed by atoms with Crippen LogP contribution in [0.3, 0.4) is 0 Å². The van der Waals surface area contributed by atoms with Gasteiger partial charge in [-0.15, -0.1) is 0 Å². The highest BCUT2D eigenvalue weighted by molar-refractivity contribution is 5.82. The van der Waals surface area contributed by atoms with Crippen LogP contribution in [0.1, 0.15) is 5.69 Å². The summed E-state index contributed by atoms with van der Waals surface area (Å²) >= 11 is 0. The van der Waals surface area contributed by atoms with Gasteiger partial charge in [-0.05, 0) is 25.1 Å². The molecule has 0 unspecified atom stereocenters. The SMILES string of the molecule is Cc1nc(-c2cccc(-c3ccccc3)n2)nc2ccccc12. The second-order valence-corrected chi connectivity index (χ2v) is 5.42. The molecular formula is C20H15N3. The fourth-order valence-electron chi connectivity index (χ4n) is 2.68. The Kier molecular flexibility index (Phi) is 3.31. The Hall–Kier alpha value is -3.07. The maximum atomic E-state index is 4.74. The molecule has 0 N–H and O–H groups in total. The summed E-state index contributed by atoms with van der Waals surface area (Å²) in [7, 11) is 0. The number of benzene rings is 2. The second-order valence-electron chi connectivity index (χ2n) is 5.42. The van der Waals surface area contributed by atoms with Crippen molar-refractivity contribution in [2.45, 2.75) is 6.92 Å². The predicted molar refractivity (Wildman–Crippen MR) is 92.9 cm³/mol. The van der Waals surface area contributed by atoms with E-state index in [9.17, 15) is 0 Å². The lowest BCUT2D eigenvalue weighted by Crippen LogP contribution is -1.96. The molecule has 0 radical (unpaired) electrons. The van der Waals surface area contributed by atoms with Crippen LogP contribution in [0.4, 0.5) is 0 Å². The number of fused-ring (bicyclic) bond motifs is 1. The first-order valence-electron chi connectivity index (χ1n) is 7.57. The topological polar surface area (TPSA) is 38.7 Å². The molecule has 2 heterocycles. The highest BCUT2D eigenvalue weighted by Crippen LogP contribution is 2.23. The summed E-state index contributed by atoms with van der Waals surface area (Å²) in [5.41, 5.74) is 4.73. The summed E-state index contributed by atoms with van der Waals surface area (Å²) in [6.45, 7) is 2.01. The summed E-state index contributed by atoms with van der Waals surface area (Å²) in [4.78, 5) is 14.0. The van der Waals surface area contributed by atoms with E-state index in [-0.39, 0.29) is 0 Å². The fourth-order valence-corrected chi connectivity index (χ4v) is 2.68. The van der Waals surface area contributed by atoms with Gasteiger partial charge in [-0.25, -0.2) is 15.0 Å². The number of nitrogens with zero attached hydrogens (tertiary/aromatic N) is 3. The summed E-state index contributed by atoms with van der Waals surface area (Å²) in [6.07, 6.45) is 0. The highest BCUT2D eigenvalue weighted by Gasteiger charge is 2.09. The van der Waals surface area contributed by atoms with E-state index in [1.165, 1.54) is 0 Å². The molecule has 0 saturated heterocycles. The monoisotopic (exact) mass is 297 g/mol. The van der Waals surface area contributed by atoms with Crippen molar-refractivity contribution in [1.29, 1.82) is 0 Å². The number of rotatable bonds is 2. The van der Waals surface area contributed by atoms with Crippen molar-refractivity contribution in [1.82, 2.24) is 15.0 Å². The van der Waals surface area contributed by atoms with E-state index in [0.717, 1.165) is 33.5 Å². The van der Waals surface area contributed by atoms with E-state index in [4.69, 9.17) is 4.98 Å². The zero-order chi connectivity index (χ0) is 15.6. The summed E-state index contributed by atoms with van der Waals surface area (Å²) in [6, 6.07) is 24.2. The van der Waals surface area contributed by atoms with E-state index >= 15 is 0 Å². The largest absolute Gasteiger partial charge is 0.244 e. The average molecular weight is 297 g/mol. The molecule has 23 heavy (non-hydrogen) atoms. The molecule has 0 aliphatic carbocycles. The molecule has 0 spiro atoms. The van der Waals surface area contributed by atoms with Crippen LogP contribution >= 0.6 is 0 Å². The fraction of sp³-hybridized carbons (Fsp3) is 0.0500. The van der Waals surface area contributed by atoms with Gasteiger partial charge in [0, 0.05) is 16.6 Å². The Labute approximate surface area is 134 Å². The maximum absolute atomic E-state index is 4.74. The third kappa shape index (κ3) is 2.57. The van der Waals surface area contributed by atoms with Crippen molar-refractivity contribution in [3.05, 3.63) is 78.5 Å². The molecule has 4 aromatic rings. The van der Waals surface area contributed by atoms with Crippen LogP contribution in [0.15, 0.2) is 72.8 Å². The van der Waals surface area contributed by atoms with Gasteiger partial charge in [0.1, 0.15) is 5.69 Å².